The van der Waals surface area contributed by atoms with E-state index in [0.717, 1.165) is 0 Å². The summed E-state index contributed by atoms with van der Waals surface area (Å²) in [6.45, 7) is 6.09. The summed E-state index contributed by atoms with van der Waals surface area (Å²) in [5.74, 6) is -0.639. The Morgan fingerprint density at radius 2 is 2.15 bits per heavy atom. The van der Waals surface area contributed by atoms with Crippen LogP contribution in [-0.2, 0) is 9.53 Å². The minimum absolute atomic E-state index is 0.125. The molecule has 1 atom stereocenters. The van der Waals surface area contributed by atoms with Gasteiger partial charge in [-0.3, -0.25) is 5.32 Å². The van der Waals surface area contributed by atoms with Crippen LogP contribution in [0.15, 0.2) is 24.3 Å². The van der Waals surface area contributed by atoms with Crippen molar-refractivity contribution in [1.29, 1.82) is 0 Å². The van der Waals surface area contributed by atoms with Crippen LogP contribution in [0.3, 0.4) is 0 Å². The van der Waals surface area contributed by atoms with E-state index in [9.17, 15) is 9.18 Å². The number of halogens is 1. The number of nitrogens with one attached hydrogen (secondary N) is 1. The Morgan fingerprint density at radius 3 is 2.65 bits per heavy atom. The van der Waals surface area contributed by atoms with Crippen LogP contribution < -0.4 is 10.2 Å². The lowest BCUT2D eigenvalue weighted by Gasteiger charge is -2.34. The number of anilines is 1. The Balaban J connectivity index is 2.92. The highest BCUT2D eigenvalue weighted by Crippen LogP contribution is 2.18. The van der Waals surface area contributed by atoms with Gasteiger partial charge >= 0.3 is 5.97 Å². The third kappa shape index (κ3) is 4.20. The third-order valence-corrected chi connectivity index (χ3v) is 3.05. The number of likely N-dealkylation sites (N-methyl/N-ethyl adjacent to an activating group) is 1. The van der Waals surface area contributed by atoms with E-state index in [0.29, 0.717) is 12.2 Å². The van der Waals surface area contributed by atoms with Gasteiger partial charge in [0.05, 0.1) is 7.11 Å². The molecule has 0 amide bonds. The molecule has 0 aromatic heterocycles. The van der Waals surface area contributed by atoms with Gasteiger partial charge in [0.2, 0.25) is 0 Å². The lowest BCUT2D eigenvalue weighted by molar-refractivity contribution is -0.147. The SMILES string of the molecule is COC(=O)C(C)(CN(C)c1cccc(F)c1)NC(C)C. The van der Waals surface area contributed by atoms with E-state index < -0.39 is 5.54 Å². The summed E-state index contributed by atoms with van der Waals surface area (Å²) in [5.41, 5.74) is -0.144. The first-order chi connectivity index (χ1) is 9.28. The largest absolute Gasteiger partial charge is 0.468 e. The van der Waals surface area contributed by atoms with E-state index >= 15 is 0 Å². The second kappa shape index (κ2) is 6.70. The highest BCUT2D eigenvalue weighted by molar-refractivity contribution is 5.81. The molecule has 0 saturated carbocycles. The molecule has 0 bridgehead atoms. The molecule has 1 N–H and O–H groups in total. The number of methoxy groups -OCH3 is 1. The smallest absolute Gasteiger partial charge is 0.327 e. The van der Waals surface area contributed by atoms with Gasteiger partial charge in [-0.15, -0.1) is 0 Å². The highest BCUT2D eigenvalue weighted by atomic mass is 19.1. The minimum atomic E-state index is -0.857. The number of carbonyl (C=O) groups is 1. The fourth-order valence-corrected chi connectivity index (χ4v) is 2.31. The average Bonchev–Trinajstić information content (AvgIpc) is 2.36. The lowest BCUT2D eigenvalue weighted by atomic mass is 10.00. The van der Waals surface area contributed by atoms with Crippen LogP contribution in [0.4, 0.5) is 10.1 Å². The Labute approximate surface area is 119 Å². The fourth-order valence-electron chi connectivity index (χ4n) is 2.31. The summed E-state index contributed by atoms with van der Waals surface area (Å²) in [6, 6.07) is 6.40. The summed E-state index contributed by atoms with van der Waals surface area (Å²) >= 11 is 0. The number of hydrogen-bond acceptors (Lipinski definition) is 4. The molecule has 0 aliphatic rings. The van der Waals surface area contributed by atoms with Crippen molar-refractivity contribution >= 4 is 11.7 Å². The predicted octanol–water partition coefficient (Wildman–Crippen LogP) is 2.19. The molecule has 0 saturated heterocycles. The zero-order valence-electron chi connectivity index (χ0n) is 12.7. The van der Waals surface area contributed by atoms with Crippen LogP contribution in [0, 0.1) is 5.82 Å². The topological polar surface area (TPSA) is 41.6 Å². The van der Waals surface area contributed by atoms with Crippen molar-refractivity contribution in [3.63, 3.8) is 0 Å². The van der Waals surface area contributed by atoms with Crippen molar-refractivity contribution in [2.24, 2.45) is 0 Å². The monoisotopic (exact) mass is 282 g/mol. The molecular weight excluding hydrogens is 259 g/mol. The zero-order chi connectivity index (χ0) is 15.3. The number of rotatable bonds is 6. The summed E-state index contributed by atoms with van der Waals surface area (Å²) in [7, 11) is 3.18. The fraction of sp³-hybridized carbons (Fsp3) is 0.533. The molecular formula is C15H23FN2O2. The molecule has 0 spiro atoms. The molecule has 5 heteroatoms. The number of esters is 1. The molecule has 0 heterocycles. The normalized spacial score (nSPS) is 13.9. The van der Waals surface area contributed by atoms with E-state index in [1.165, 1.54) is 19.2 Å². The summed E-state index contributed by atoms with van der Waals surface area (Å²) in [4.78, 5) is 13.8. The van der Waals surface area contributed by atoms with E-state index in [2.05, 4.69) is 5.32 Å². The number of ether oxygens (including phenoxy) is 1. The van der Waals surface area contributed by atoms with Crippen LogP contribution >= 0.6 is 0 Å². The number of nitrogens with zero attached hydrogens (tertiary/aromatic N) is 1. The number of carbonyl (C=O) groups excluding carboxylic acids is 1. The zero-order valence-corrected chi connectivity index (χ0v) is 12.7. The van der Waals surface area contributed by atoms with E-state index in [1.807, 2.05) is 25.8 Å². The molecule has 0 radical (unpaired) electrons. The van der Waals surface area contributed by atoms with Crippen molar-refractivity contribution in [3.05, 3.63) is 30.1 Å². The van der Waals surface area contributed by atoms with Crippen LogP contribution in [-0.4, -0.2) is 38.3 Å². The van der Waals surface area contributed by atoms with Gasteiger partial charge in [-0.05, 0) is 39.0 Å². The van der Waals surface area contributed by atoms with Gasteiger partial charge in [0.1, 0.15) is 11.4 Å². The maximum absolute atomic E-state index is 13.3. The first-order valence-electron chi connectivity index (χ1n) is 6.61. The second-order valence-electron chi connectivity index (χ2n) is 5.46. The molecule has 4 nitrogen and oxygen atoms in total. The van der Waals surface area contributed by atoms with Gasteiger partial charge in [0.15, 0.2) is 0 Å². The van der Waals surface area contributed by atoms with Gasteiger partial charge < -0.3 is 9.64 Å². The lowest BCUT2D eigenvalue weighted by Crippen LogP contribution is -2.59. The second-order valence-corrected chi connectivity index (χ2v) is 5.46. The maximum Gasteiger partial charge on any atom is 0.327 e. The Kier molecular flexibility index (Phi) is 5.51. The van der Waals surface area contributed by atoms with Gasteiger partial charge in [-0.2, -0.15) is 0 Å². The van der Waals surface area contributed by atoms with Gasteiger partial charge in [0, 0.05) is 25.3 Å². The standard InChI is InChI=1S/C15H23FN2O2/c1-11(2)17-15(3,14(19)20-5)10-18(4)13-8-6-7-12(16)9-13/h6-9,11,17H,10H2,1-5H3. The molecule has 112 valence electrons. The van der Waals surface area contributed by atoms with Crippen LogP contribution in [0.1, 0.15) is 20.8 Å². The van der Waals surface area contributed by atoms with Crippen LogP contribution in [0.2, 0.25) is 0 Å². The summed E-state index contributed by atoms with van der Waals surface area (Å²) < 4.78 is 18.1. The van der Waals surface area contributed by atoms with Gasteiger partial charge in [-0.25, -0.2) is 9.18 Å². The highest BCUT2D eigenvalue weighted by Gasteiger charge is 2.36. The van der Waals surface area contributed by atoms with Crippen molar-refractivity contribution in [2.75, 3.05) is 25.6 Å². The van der Waals surface area contributed by atoms with E-state index in [4.69, 9.17) is 4.74 Å². The molecule has 0 aliphatic carbocycles. The molecule has 0 fully saturated rings. The predicted molar refractivity (Wildman–Crippen MR) is 78.4 cm³/mol. The molecule has 1 rings (SSSR count). The van der Waals surface area contributed by atoms with E-state index in [1.54, 1.807) is 19.1 Å². The molecule has 1 aromatic rings. The Morgan fingerprint density at radius 1 is 1.50 bits per heavy atom. The van der Waals surface area contributed by atoms with Crippen molar-refractivity contribution in [2.45, 2.75) is 32.4 Å². The minimum Gasteiger partial charge on any atom is -0.468 e. The van der Waals surface area contributed by atoms with Crippen molar-refractivity contribution in [3.8, 4) is 0 Å². The van der Waals surface area contributed by atoms with Crippen molar-refractivity contribution in [1.82, 2.24) is 5.32 Å². The molecule has 1 aromatic carbocycles. The van der Waals surface area contributed by atoms with Crippen LogP contribution in [0.25, 0.3) is 0 Å². The van der Waals surface area contributed by atoms with Gasteiger partial charge in [-0.1, -0.05) is 6.07 Å². The van der Waals surface area contributed by atoms with Crippen LogP contribution in [0.5, 0.6) is 0 Å². The molecule has 0 aliphatic heterocycles. The quantitative estimate of drug-likeness (QED) is 0.812. The maximum atomic E-state index is 13.3. The third-order valence-electron chi connectivity index (χ3n) is 3.05. The molecule has 20 heavy (non-hydrogen) atoms. The van der Waals surface area contributed by atoms with E-state index in [-0.39, 0.29) is 17.8 Å². The molecule has 1 unspecified atom stereocenters. The number of hydrogen-bond donors (Lipinski definition) is 1. The first kappa shape index (κ1) is 16.4. The van der Waals surface area contributed by atoms with Crippen molar-refractivity contribution < 1.29 is 13.9 Å². The first-order valence-corrected chi connectivity index (χ1v) is 6.61. The Hall–Kier alpha value is -1.62. The number of benzene rings is 1. The Bertz CT molecular complexity index is 465. The summed E-state index contributed by atoms with van der Waals surface area (Å²) in [5, 5.41) is 3.21. The average molecular weight is 282 g/mol. The summed E-state index contributed by atoms with van der Waals surface area (Å²) in [6.07, 6.45) is 0. The van der Waals surface area contributed by atoms with Gasteiger partial charge in [0.25, 0.3) is 0 Å².